The van der Waals surface area contributed by atoms with Gasteiger partial charge in [-0.2, -0.15) is 13.2 Å². The standard InChI is InChI=1S/C15H26F3NO/c1-2-13(20)12-5-9-19(10-6-12)11-14(15(16,17)18)7-3-4-8-14/h12-13,20H,2-11H2,1H3. The summed E-state index contributed by atoms with van der Waals surface area (Å²) in [6, 6.07) is 0. The predicted molar refractivity (Wildman–Crippen MR) is 72.4 cm³/mol. The third-order valence-corrected chi connectivity index (χ3v) is 5.28. The first kappa shape index (κ1) is 16.1. The molecule has 1 saturated heterocycles. The van der Waals surface area contributed by atoms with E-state index in [4.69, 9.17) is 0 Å². The Morgan fingerprint density at radius 3 is 2.20 bits per heavy atom. The zero-order valence-electron chi connectivity index (χ0n) is 12.3. The van der Waals surface area contributed by atoms with E-state index in [1.54, 1.807) is 0 Å². The molecule has 0 aromatic heterocycles. The van der Waals surface area contributed by atoms with E-state index >= 15 is 0 Å². The zero-order valence-corrected chi connectivity index (χ0v) is 12.3. The molecule has 0 spiro atoms. The second kappa shape index (κ2) is 6.22. The van der Waals surface area contributed by atoms with Gasteiger partial charge in [-0.25, -0.2) is 0 Å². The molecule has 20 heavy (non-hydrogen) atoms. The number of halogens is 3. The molecule has 0 aromatic carbocycles. The lowest BCUT2D eigenvalue weighted by Crippen LogP contribution is -2.48. The Morgan fingerprint density at radius 2 is 1.75 bits per heavy atom. The van der Waals surface area contributed by atoms with Gasteiger partial charge in [0.2, 0.25) is 0 Å². The fraction of sp³-hybridized carbons (Fsp3) is 1.00. The minimum absolute atomic E-state index is 0.158. The number of likely N-dealkylation sites (tertiary alicyclic amines) is 1. The molecular formula is C15H26F3NO. The van der Waals surface area contributed by atoms with E-state index in [9.17, 15) is 18.3 Å². The Labute approximate surface area is 119 Å². The minimum Gasteiger partial charge on any atom is -0.393 e. The lowest BCUT2D eigenvalue weighted by Gasteiger charge is -2.40. The number of aliphatic hydroxyl groups is 1. The Morgan fingerprint density at radius 1 is 1.20 bits per heavy atom. The number of piperidine rings is 1. The zero-order chi connectivity index (χ0) is 14.8. The van der Waals surface area contributed by atoms with Crippen molar-refractivity contribution >= 4 is 0 Å². The molecule has 0 bridgehead atoms. The maximum Gasteiger partial charge on any atom is 0.395 e. The van der Waals surface area contributed by atoms with Gasteiger partial charge in [0, 0.05) is 6.54 Å². The van der Waals surface area contributed by atoms with Gasteiger partial charge in [0.1, 0.15) is 0 Å². The number of hydrogen-bond donors (Lipinski definition) is 1. The topological polar surface area (TPSA) is 23.5 Å². The normalized spacial score (nSPS) is 26.9. The van der Waals surface area contributed by atoms with Crippen LogP contribution in [0.15, 0.2) is 0 Å². The SMILES string of the molecule is CCC(O)C1CCN(CC2(C(F)(F)F)CCCC2)CC1. The summed E-state index contributed by atoms with van der Waals surface area (Å²) in [7, 11) is 0. The van der Waals surface area contributed by atoms with Crippen LogP contribution in [-0.2, 0) is 0 Å². The highest BCUT2D eigenvalue weighted by Crippen LogP contribution is 2.51. The van der Waals surface area contributed by atoms with E-state index in [0.717, 1.165) is 19.3 Å². The number of nitrogens with zero attached hydrogens (tertiary/aromatic N) is 1. The lowest BCUT2D eigenvalue weighted by molar-refractivity contribution is -0.228. The smallest absolute Gasteiger partial charge is 0.393 e. The van der Waals surface area contributed by atoms with Crippen molar-refractivity contribution in [1.29, 1.82) is 0 Å². The van der Waals surface area contributed by atoms with Gasteiger partial charge in [-0.1, -0.05) is 19.8 Å². The first-order chi connectivity index (χ1) is 9.38. The van der Waals surface area contributed by atoms with Gasteiger partial charge in [-0.3, -0.25) is 0 Å². The highest BCUT2D eigenvalue weighted by molar-refractivity contribution is 4.94. The average Bonchev–Trinajstić information content (AvgIpc) is 2.88. The van der Waals surface area contributed by atoms with Crippen LogP contribution >= 0.6 is 0 Å². The average molecular weight is 293 g/mol. The maximum absolute atomic E-state index is 13.4. The van der Waals surface area contributed by atoms with Gasteiger partial charge in [-0.05, 0) is 51.1 Å². The lowest BCUT2D eigenvalue weighted by atomic mass is 9.83. The number of aliphatic hydroxyl groups excluding tert-OH is 1. The molecule has 1 unspecified atom stereocenters. The van der Waals surface area contributed by atoms with Crippen molar-refractivity contribution in [2.75, 3.05) is 19.6 Å². The molecule has 2 aliphatic rings. The first-order valence-electron chi connectivity index (χ1n) is 7.85. The predicted octanol–water partition coefficient (Wildman–Crippen LogP) is 3.59. The molecule has 1 N–H and O–H groups in total. The number of rotatable bonds is 4. The molecule has 1 heterocycles. The highest BCUT2D eigenvalue weighted by atomic mass is 19.4. The van der Waals surface area contributed by atoms with Crippen molar-refractivity contribution in [3.63, 3.8) is 0 Å². The van der Waals surface area contributed by atoms with Crippen LogP contribution in [0.2, 0.25) is 0 Å². The van der Waals surface area contributed by atoms with Gasteiger partial charge in [-0.15, -0.1) is 0 Å². The number of hydrogen-bond acceptors (Lipinski definition) is 2. The summed E-state index contributed by atoms with van der Waals surface area (Å²) in [6.45, 7) is 3.50. The summed E-state index contributed by atoms with van der Waals surface area (Å²) < 4.78 is 40.1. The summed E-state index contributed by atoms with van der Waals surface area (Å²) >= 11 is 0. The van der Waals surface area contributed by atoms with Crippen LogP contribution in [0.25, 0.3) is 0 Å². The van der Waals surface area contributed by atoms with Crippen molar-refractivity contribution in [1.82, 2.24) is 4.90 Å². The summed E-state index contributed by atoms with van der Waals surface area (Å²) in [5.74, 6) is 0.265. The molecule has 118 valence electrons. The van der Waals surface area contributed by atoms with E-state index < -0.39 is 11.6 Å². The van der Waals surface area contributed by atoms with Crippen LogP contribution in [0.4, 0.5) is 13.2 Å². The fourth-order valence-electron chi connectivity index (χ4n) is 3.84. The Balaban J connectivity index is 1.91. The van der Waals surface area contributed by atoms with E-state index in [-0.39, 0.29) is 31.4 Å². The van der Waals surface area contributed by atoms with Crippen molar-refractivity contribution in [3.8, 4) is 0 Å². The monoisotopic (exact) mass is 293 g/mol. The quantitative estimate of drug-likeness (QED) is 0.856. The van der Waals surface area contributed by atoms with Gasteiger partial charge in [0.15, 0.2) is 0 Å². The summed E-state index contributed by atoms with van der Waals surface area (Å²) in [6.07, 6.45) is -0.0242. The fourth-order valence-corrected chi connectivity index (χ4v) is 3.84. The van der Waals surface area contributed by atoms with Crippen molar-refractivity contribution in [3.05, 3.63) is 0 Å². The highest BCUT2D eigenvalue weighted by Gasteiger charge is 2.56. The molecule has 1 aliphatic heterocycles. The van der Waals surface area contributed by atoms with Crippen LogP contribution in [0, 0.1) is 11.3 Å². The molecule has 1 aliphatic carbocycles. The van der Waals surface area contributed by atoms with E-state index in [1.807, 2.05) is 11.8 Å². The van der Waals surface area contributed by atoms with Crippen molar-refractivity contribution in [2.45, 2.75) is 64.1 Å². The van der Waals surface area contributed by atoms with E-state index in [0.29, 0.717) is 25.9 Å². The second-order valence-electron chi connectivity index (χ2n) is 6.57. The van der Waals surface area contributed by atoms with Crippen LogP contribution in [0.1, 0.15) is 51.9 Å². The third-order valence-electron chi connectivity index (χ3n) is 5.28. The van der Waals surface area contributed by atoms with Gasteiger partial charge < -0.3 is 10.0 Å². The maximum atomic E-state index is 13.4. The molecule has 2 rings (SSSR count). The van der Waals surface area contributed by atoms with Crippen molar-refractivity contribution < 1.29 is 18.3 Å². The summed E-state index contributed by atoms with van der Waals surface area (Å²) in [5.41, 5.74) is -1.47. The summed E-state index contributed by atoms with van der Waals surface area (Å²) in [5, 5.41) is 9.83. The minimum atomic E-state index is -4.08. The second-order valence-corrected chi connectivity index (χ2v) is 6.57. The molecule has 0 amide bonds. The van der Waals surface area contributed by atoms with Crippen LogP contribution in [0.3, 0.4) is 0 Å². The first-order valence-corrected chi connectivity index (χ1v) is 7.85. The Hall–Kier alpha value is -0.290. The molecule has 2 fully saturated rings. The van der Waals surface area contributed by atoms with Gasteiger partial charge >= 0.3 is 6.18 Å². The van der Waals surface area contributed by atoms with Crippen molar-refractivity contribution in [2.24, 2.45) is 11.3 Å². The molecule has 0 aromatic rings. The Kier molecular flexibility index (Phi) is 5.00. The third kappa shape index (κ3) is 3.30. The van der Waals surface area contributed by atoms with Crippen LogP contribution < -0.4 is 0 Å². The molecule has 2 nitrogen and oxygen atoms in total. The van der Waals surface area contributed by atoms with E-state index in [1.165, 1.54) is 0 Å². The van der Waals surface area contributed by atoms with Gasteiger partial charge in [0.25, 0.3) is 0 Å². The molecule has 0 radical (unpaired) electrons. The summed E-state index contributed by atoms with van der Waals surface area (Å²) in [4.78, 5) is 1.97. The largest absolute Gasteiger partial charge is 0.395 e. The molecule has 1 atom stereocenters. The molecule has 1 saturated carbocycles. The Bertz CT molecular complexity index is 305. The van der Waals surface area contributed by atoms with Crippen LogP contribution in [-0.4, -0.2) is 41.9 Å². The molecular weight excluding hydrogens is 267 g/mol. The number of alkyl halides is 3. The van der Waals surface area contributed by atoms with Gasteiger partial charge in [0.05, 0.1) is 11.5 Å². The molecule has 5 heteroatoms. The van der Waals surface area contributed by atoms with Crippen LogP contribution in [0.5, 0.6) is 0 Å². The van der Waals surface area contributed by atoms with E-state index in [2.05, 4.69) is 0 Å².